The SMILES string of the molecule is O=S(=O)(O)CCCNCCCc1cccc(F)c1. The molecule has 0 aliphatic carbocycles. The van der Waals surface area contributed by atoms with Crippen molar-refractivity contribution in [3.8, 4) is 0 Å². The molecule has 0 spiro atoms. The van der Waals surface area contributed by atoms with Crippen LogP contribution in [0.3, 0.4) is 0 Å². The number of benzene rings is 1. The van der Waals surface area contributed by atoms with E-state index in [1.165, 1.54) is 12.1 Å². The highest BCUT2D eigenvalue weighted by atomic mass is 32.2. The predicted molar refractivity (Wildman–Crippen MR) is 68.6 cm³/mol. The highest BCUT2D eigenvalue weighted by Gasteiger charge is 2.02. The predicted octanol–water partition coefficient (Wildman–Crippen LogP) is 1.63. The highest BCUT2D eigenvalue weighted by molar-refractivity contribution is 7.85. The maximum atomic E-state index is 12.9. The van der Waals surface area contributed by atoms with Gasteiger partial charge in [-0.05, 0) is 50.0 Å². The first-order chi connectivity index (χ1) is 8.47. The van der Waals surface area contributed by atoms with Crippen LogP contribution >= 0.6 is 0 Å². The summed E-state index contributed by atoms with van der Waals surface area (Å²) < 4.78 is 42.2. The third-order valence-electron chi connectivity index (χ3n) is 2.46. The second-order valence-electron chi connectivity index (χ2n) is 4.12. The van der Waals surface area contributed by atoms with Crippen LogP contribution in [0.4, 0.5) is 4.39 Å². The molecule has 1 aromatic rings. The summed E-state index contributed by atoms with van der Waals surface area (Å²) in [5, 5.41) is 3.07. The van der Waals surface area contributed by atoms with Crippen molar-refractivity contribution in [2.75, 3.05) is 18.8 Å². The fraction of sp³-hybridized carbons (Fsp3) is 0.500. The first kappa shape index (κ1) is 15.1. The van der Waals surface area contributed by atoms with E-state index in [-0.39, 0.29) is 11.6 Å². The first-order valence-corrected chi connectivity index (χ1v) is 7.48. The standard InChI is InChI=1S/C12H18FNO3S/c13-12-6-1-4-11(10-12)5-2-7-14-8-3-9-18(15,16)17/h1,4,6,10,14H,2-3,5,7-9H2,(H,15,16,17). The first-order valence-electron chi connectivity index (χ1n) is 5.88. The van der Waals surface area contributed by atoms with Crippen molar-refractivity contribution in [1.29, 1.82) is 0 Å². The third kappa shape index (κ3) is 7.37. The molecule has 0 fully saturated rings. The molecule has 0 bridgehead atoms. The largest absolute Gasteiger partial charge is 0.317 e. The van der Waals surface area contributed by atoms with Gasteiger partial charge < -0.3 is 5.32 Å². The molecule has 0 saturated heterocycles. The van der Waals surface area contributed by atoms with Gasteiger partial charge in [-0.3, -0.25) is 4.55 Å². The summed E-state index contributed by atoms with van der Waals surface area (Å²) in [6, 6.07) is 6.49. The Hall–Kier alpha value is -0.980. The maximum absolute atomic E-state index is 12.9. The molecule has 0 atom stereocenters. The lowest BCUT2D eigenvalue weighted by atomic mass is 10.1. The zero-order chi connectivity index (χ0) is 13.4. The number of halogens is 1. The quantitative estimate of drug-likeness (QED) is 0.559. The van der Waals surface area contributed by atoms with Gasteiger partial charge in [-0.2, -0.15) is 8.42 Å². The van der Waals surface area contributed by atoms with Crippen LogP contribution in [-0.2, 0) is 16.5 Å². The van der Waals surface area contributed by atoms with Crippen molar-refractivity contribution >= 4 is 10.1 Å². The number of rotatable bonds is 8. The van der Waals surface area contributed by atoms with Gasteiger partial charge in [0, 0.05) is 0 Å². The molecule has 0 radical (unpaired) electrons. The molecule has 0 heterocycles. The molecule has 4 nitrogen and oxygen atoms in total. The second kappa shape index (κ2) is 7.45. The fourth-order valence-corrected chi connectivity index (χ4v) is 2.12. The number of hydrogen-bond donors (Lipinski definition) is 2. The Morgan fingerprint density at radius 2 is 1.94 bits per heavy atom. The Balaban J connectivity index is 2.06. The maximum Gasteiger partial charge on any atom is 0.264 e. The normalized spacial score (nSPS) is 11.7. The van der Waals surface area contributed by atoms with Gasteiger partial charge in [0.2, 0.25) is 0 Å². The molecule has 18 heavy (non-hydrogen) atoms. The third-order valence-corrected chi connectivity index (χ3v) is 3.27. The minimum absolute atomic E-state index is 0.218. The molecule has 102 valence electrons. The summed E-state index contributed by atoms with van der Waals surface area (Å²) in [6.07, 6.45) is 2.02. The van der Waals surface area contributed by atoms with Crippen molar-refractivity contribution < 1.29 is 17.4 Å². The molecule has 1 aromatic carbocycles. The number of nitrogens with one attached hydrogen (secondary N) is 1. The summed E-state index contributed by atoms with van der Waals surface area (Å²) in [5.74, 6) is -0.446. The Morgan fingerprint density at radius 3 is 2.61 bits per heavy atom. The molecule has 6 heteroatoms. The zero-order valence-electron chi connectivity index (χ0n) is 10.1. The minimum atomic E-state index is -3.85. The molecule has 0 unspecified atom stereocenters. The highest BCUT2D eigenvalue weighted by Crippen LogP contribution is 2.05. The molecule has 2 N–H and O–H groups in total. The Labute approximate surface area is 107 Å². The smallest absolute Gasteiger partial charge is 0.264 e. The van der Waals surface area contributed by atoms with E-state index in [9.17, 15) is 12.8 Å². The van der Waals surface area contributed by atoms with Crippen molar-refractivity contribution in [3.05, 3.63) is 35.6 Å². The number of hydrogen-bond acceptors (Lipinski definition) is 3. The lowest BCUT2D eigenvalue weighted by molar-refractivity contribution is 0.479. The van der Waals surface area contributed by atoms with Gasteiger partial charge in [-0.15, -0.1) is 0 Å². The average Bonchev–Trinajstić information content (AvgIpc) is 2.26. The Morgan fingerprint density at radius 1 is 1.22 bits per heavy atom. The van der Waals surface area contributed by atoms with Gasteiger partial charge in [-0.1, -0.05) is 12.1 Å². The fourth-order valence-electron chi connectivity index (χ4n) is 1.61. The van der Waals surface area contributed by atoms with E-state index in [0.717, 1.165) is 24.9 Å². The van der Waals surface area contributed by atoms with Crippen molar-refractivity contribution in [2.24, 2.45) is 0 Å². The van der Waals surface area contributed by atoms with Gasteiger partial charge >= 0.3 is 0 Å². The molecule has 0 saturated carbocycles. The minimum Gasteiger partial charge on any atom is -0.317 e. The molecular formula is C12H18FNO3S. The molecule has 0 aliphatic heterocycles. The summed E-state index contributed by atoms with van der Waals surface area (Å²) >= 11 is 0. The van der Waals surface area contributed by atoms with Crippen LogP contribution in [0.1, 0.15) is 18.4 Å². The lowest BCUT2D eigenvalue weighted by Gasteiger charge is -2.04. The number of aryl methyl sites for hydroxylation is 1. The molecule has 0 amide bonds. The summed E-state index contributed by atoms with van der Waals surface area (Å²) in [6.45, 7) is 1.28. The van der Waals surface area contributed by atoms with E-state index in [2.05, 4.69) is 5.32 Å². The topological polar surface area (TPSA) is 66.4 Å². The molecule has 0 aliphatic rings. The van der Waals surface area contributed by atoms with Crippen molar-refractivity contribution in [1.82, 2.24) is 5.32 Å². The van der Waals surface area contributed by atoms with E-state index in [4.69, 9.17) is 4.55 Å². The van der Waals surface area contributed by atoms with Gasteiger partial charge in [0.05, 0.1) is 5.75 Å². The lowest BCUT2D eigenvalue weighted by Crippen LogP contribution is -2.19. The van der Waals surface area contributed by atoms with Gasteiger partial charge in [-0.25, -0.2) is 4.39 Å². The van der Waals surface area contributed by atoms with E-state index in [1.807, 2.05) is 6.07 Å². The van der Waals surface area contributed by atoms with Crippen LogP contribution < -0.4 is 5.32 Å². The van der Waals surface area contributed by atoms with E-state index < -0.39 is 10.1 Å². The van der Waals surface area contributed by atoms with Crippen LogP contribution in [0.5, 0.6) is 0 Å². The van der Waals surface area contributed by atoms with E-state index in [0.29, 0.717) is 13.0 Å². The van der Waals surface area contributed by atoms with Crippen LogP contribution in [0.15, 0.2) is 24.3 Å². The van der Waals surface area contributed by atoms with E-state index in [1.54, 1.807) is 6.07 Å². The zero-order valence-corrected chi connectivity index (χ0v) is 10.9. The van der Waals surface area contributed by atoms with E-state index >= 15 is 0 Å². The van der Waals surface area contributed by atoms with Crippen LogP contribution in [0.2, 0.25) is 0 Å². The Kier molecular flexibility index (Phi) is 6.24. The molecular weight excluding hydrogens is 257 g/mol. The summed E-state index contributed by atoms with van der Waals surface area (Å²) in [5.41, 5.74) is 0.953. The van der Waals surface area contributed by atoms with Crippen molar-refractivity contribution in [2.45, 2.75) is 19.3 Å². The van der Waals surface area contributed by atoms with Gasteiger partial charge in [0.25, 0.3) is 10.1 Å². The van der Waals surface area contributed by atoms with Crippen LogP contribution in [-0.4, -0.2) is 31.8 Å². The summed E-state index contributed by atoms with van der Waals surface area (Å²) in [4.78, 5) is 0. The van der Waals surface area contributed by atoms with Gasteiger partial charge in [0.15, 0.2) is 0 Å². The monoisotopic (exact) mass is 275 g/mol. The van der Waals surface area contributed by atoms with Crippen molar-refractivity contribution in [3.63, 3.8) is 0 Å². The average molecular weight is 275 g/mol. The van der Waals surface area contributed by atoms with Crippen LogP contribution in [0.25, 0.3) is 0 Å². The molecule has 1 rings (SSSR count). The Bertz CT molecular complexity index is 462. The molecule has 0 aromatic heterocycles. The summed E-state index contributed by atoms with van der Waals surface area (Å²) in [7, 11) is -3.85. The second-order valence-corrected chi connectivity index (χ2v) is 5.70. The van der Waals surface area contributed by atoms with Gasteiger partial charge in [0.1, 0.15) is 5.82 Å². The van der Waals surface area contributed by atoms with Crippen LogP contribution in [0, 0.1) is 5.82 Å².